The molecular weight excluding hydrogens is 452 g/mol. The van der Waals surface area contributed by atoms with Crippen molar-refractivity contribution in [2.45, 2.75) is 11.7 Å². The Labute approximate surface area is 186 Å². The second-order valence-electron chi connectivity index (χ2n) is 6.08. The number of carbonyl (C=O) groups excluding carboxylic acids is 2. The molecule has 11 heteroatoms. The number of anilines is 1. The van der Waals surface area contributed by atoms with Gasteiger partial charge in [0.25, 0.3) is 5.91 Å². The molecule has 0 spiro atoms. The number of hydrogen-bond donors (Lipinski definition) is 2. The standard InChI is InChI=1S/C19H16Cl2FN5O2S/c1-27-16(9-23-18(29)12-7-6-11(20)8-13(12)21)25-26-19(27)30-10-17(28)24-15-5-3-2-4-14(15)22/h2-8H,9-10H2,1H3,(H,23,29)(H,24,28). The van der Waals surface area contributed by atoms with Crippen LogP contribution in [0.4, 0.5) is 10.1 Å². The van der Waals surface area contributed by atoms with E-state index >= 15 is 0 Å². The van der Waals surface area contributed by atoms with Crippen molar-refractivity contribution in [3.63, 3.8) is 0 Å². The molecule has 0 unspecified atom stereocenters. The number of halogens is 3. The highest BCUT2D eigenvalue weighted by molar-refractivity contribution is 7.99. The Kier molecular flexibility index (Phi) is 7.30. The topological polar surface area (TPSA) is 88.9 Å². The maximum atomic E-state index is 13.6. The van der Waals surface area contributed by atoms with Crippen molar-refractivity contribution in [2.24, 2.45) is 7.05 Å². The molecule has 0 saturated heterocycles. The quantitative estimate of drug-likeness (QED) is 0.514. The number of rotatable bonds is 7. The number of nitrogens with zero attached hydrogens (tertiary/aromatic N) is 3. The summed E-state index contributed by atoms with van der Waals surface area (Å²) in [7, 11) is 1.72. The van der Waals surface area contributed by atoms with Gasteiger partial charge in [0.2, 0.25) is 5.91 Å². The smallest absolute Gasteiger partial charge is 0.253 e. The number of amides is 2. The van der Waals surface area contributed by atoms with Crippen molar-refractivity contribution < 1.29 is 14.0 Å². The SMILES string of the molecule is Cn1c(CNC(=O)c2ccc(Cl)cc2Cl)nnc1SCC(=O)Nc1ccccc1F. The van der Waals surface area contributed by atoms with Crippen molar-refractivity contribution >= 4 is 52.5 Å². The normalized spacial score (nSPS) is 10.7. The Balaban J connectivity index is 1.54. The number of nitrogens with one attached hydrogen (secondary N) is 2. The van der Waals surface area contributed by atoms with Gasteiger partial charge in [-0.2, -0.15) is 0 Å². The molecule has 0 aliphatic carbocycles. The molecule has 2 amide bonds. The second-order valence-corrected chi connectivity index (χ2v) is 7.87. The maximum absolute atomic E-state index is 13.6. The Morgan fingerprint density at radius 2 is 1.93 bits per heavy atom. The molecule has 0 aliphatic rings. The van der Waals surface area contributed by atoms with Gasteiger partial charge in [-0.05, 0) is 30.3 Å². The van der Waals surface area contributed by atoms with Gasteiger partial charge in [0, 0.05) is 12.1 Å². The summed E-state index contributed by atoms with van der Waals surface area (Å²) in [4.78, 5) is 24.3. The Bertz CT molecular complexity index is 1090. The van der Waals surface area contributed by atoms with E-state index < -0.39 is 5.82 Å². The largest absolute Gasteiger partial charge is 0.345 e. The number of thioether (sulfide) groups is 1. The van der Waals surface area contributed by atoms with Gasteiger partial charge in [-0.25, -0.2) is 4.39 Å². The number of carbonyl (C=O) groups is 2. The first-order valence-corrected chi connectivity index (χ1v) is 10.4. The van der Waals surface area contributed by atoms with E-state index in [1.165, 1.54) is 24.3 Å². The lowest BCUT2D eigenvalue weighted by Gasteiger charge is -2.08. The van der Waals surface area contributed by atoms with Crippen LogP contribution in [0.25, 0.3) is 0 Å². The molecule has 1 heterocycles. The Morgan fingerprint density at radius 3 is 2.67 bits per heavy atom. The van der Waals surface area contributed by atoms with Crippen LogP contribution in [-0.4, -0.2) is 32.3 Å². The monoisotopic (exact) mass is 467 g/mol. The van der Waals surface area contributed by atoms with Crippen LogP contribution >= 0.6 is 35.0 Å². The van der Waals surface area contributed by atoms with Crippen LogP contribution in [0.5, 0.6) is 0 Å². The molecule has 0 fully saturated rings. The molecule has 0 bridgehead atoms. The predicted octanol–water partition coefficient (Wildman–Crippen LogP) is 3.92. The van der Waals surface area contributed by atoms with Crippen LogP contribution in [0, 0.1) is 5.82 Å². The summed E-state index contributed by atoms with van der Waals surface area (Å²) in [6.45, 7) is 0.114. The Hall–Kier alpha value is -2.62. The fourth-order valence-electron chi connectivity index (χ4n) is 2.43. The van der Waals surface area contributed by atoms with E-state index in [0.717, 1.165) is 11.8 Å². The van der Waals surface area contributed by atoms with Crippen molar-refractivity contribution in [1.82, 2.24) is 20.1 Å². The van der Waals surface area contributed by atoms with Gasteiger partial charge in [0.1, 0.15) is 5.82 Å². The first kappa shape index (κ1) is 22.1. The molecular formula is C19H16Cl2FN5O2S. The lowest BCUT2D eigenvalue weighted by molar-refractivity contribution is -0.113. The number of hydrogen-bond acceptors (Lipinski definition) is 5. The average molecular weight is 468 g/mol. The first-order chi connectivity index (χ1) is 14.3. The van der Waals surface area contributed by atoms with Crippen LogP contribution in [0.3, 0.4) is 0 Å². The van der Waals surface area contributed by atoms with Gasteiger partial charge in [0.05, 0.1) is 28.6 Å². The number of benzene rings is 2. The molecule has 0 atom stereocenters. The summed E-state index contributed by atoms with van der Waals surface area (Å²) in [5.41, 5.74) is 0.410. The molecule has 7 nitrogen and oxygen atoms in total. The van der Waals surface area contributed by atoms with E-state index in [0.29, 0.717) is 21.6 Å². The van der Waals surface area contributed by atoms with Gasteiger partial charge >= 0.3 is 0 Å². The summed E-state index contributed by atoms with van der Waals surface area (Å²) in [6, 6.07) is 10.5. The lowest BCUT2D eigenvalue weighted by Crippen LogP contribution is -2.24. The molecule has 3 aromatic rings. The van der Waals surface area contributed by atoms with Gasteiger partial charge in [-0.15, -0.1) is 10.2 Å². The van der Waals surface area contributed by atoms with E-state index in [1.54, 1.807) is 29.8 Å². The third-order valence-electron chi connectivity index (χ3n) is 3.99. The van der Waals surface area contributed by atoms with Crippen LogP contribution < -0.4 is 10.6 Å². The highest BCUT2D eigenvalue weighted by atomic mass is 35.5. The predicted molar refractivity (Wildman–Crippen MR) is 114 cm³/mol. The van der Waals surface area contributed by atoms with Crippen molar-refractivity contribution in [1.29, 1.82) is 0 Å². The van der Waals surface area contributed by atoms with Gasteiger partial charge in [-0.1, -0.05) is 47.1 Å². The molecule has 0 aliphatic heterocycles. The molecule has 0 radical (unpaired) electrons. The summed E-state index contributed by atoms with van der Waals surface area (Å²) < 4.78 is 15.3. The number of aromatic nitrogens is 3. The van der Waals surface area contributed by atoms with E-state index in [1.807, 2.05) is 0 Å². The molecule has 156 valence electrons. The van der Waals surface area contributed by atoms with Gasteiger partial charge in [-0.3, -0.25) is 9.59 Å². The minimum atomic E-state index is -0.506. The first-order valence-electron chi connectivity index (χ1n) is 8.64. The highest BCUT2D eigenvalue weighted by Crippen LogP contribution is 2.21. The van der Waals surface area contributed by atoms with Gasteiger partial charge < -0.3 is 15.2 Å². The zero-order valence-electron chi connectivity index (χ0n) is 15.7. The van der Waals surface area contributed by atoms with Crippen LogP contribution in [0.2, 0.25) is 10.0 Å². The summed E-state index contributed by atoms with van der Waals surface area (Å²) in [6.07, 6.45) is 0. The highest BCUT2D eigenvalue weighted by Gasteiger charge is 2.15. The van der Waals surface area contributed by atoms with Crippen molar-refractivity contribution in [3.8, 4) is 0 Å². The average Bonchev–Trinajstić information content (AvgIpc) is 3.06. The molecule has 3 rings (SSSR count). The third kappa shape index (κ3) is 5.50. The minimum absolute atomic E-state index is 0.0209. The molecule has 2 N–H and O–H groups in total. The van der Waals surface area contributed by atoms with Crippen molar-refractivity contribution in [2.75, 3.05) is 11.1 Å². The van der Waals surface area contributed by atoms with Crippen LogP contribution in [-0.2, 0) is 18.4 Å². The lowest BCUT2D eigenvalue weighted by atomic mass is 10.2. The van der Waals surface area contributed by atoms with Crippen LogP contribution in [0.1, 0.15) is 16.2 Å². The van der Waals surface area contributed by atoms with E-state index in [4.69, 9.17) is 23.2 Å². The zero-order valence-corrected chi connectivity index (χ0v) is 18.0. The molecule has 0 saturated carbocycles. The van der Waals surface area contributed by atoms with E-state index in [-0.39, 0.29) is 34.8 Å². The Morgan fingerprint density at radius 1 is 1.17 bits per heavy atom. The van der Waals surface area contributed by atoms with Crippen LogP contribution in [0.15, 0.2) is 47.6 Å². The maximum Gasteiger partial charge on any atom is 0.253 e. The minimum Gasteiger partial charge on any atom is -0.345 e. The molecule has 2 aromatic carbocycles. The zero-order chi connectivity index (χ0) is 21.7. The number of para-hydroxylation sites is 1. The van der Waals surface area contributed by atoms with Gasteiger partial charge in [0.15, 0.2) is 11.0 Å². The summed E-state index contributed by atoms with van der Waals surface area (Å²) >= 11 is 13.0. The summed E-state index contributed by atoms with van der Waals surface area (Å²) in [5.74, 6) is -0.746. The molecule has 30 heavy (non-hydrogen) atoms. The fraction of sp³-hybridized carbons (Fsp3) is 0.158. The second kappa shape index (κ2) is 9.92. The van der Waals surface area contributed by atoms with E-state index in [2.05, 4.69) is 20.8 Å². The fourth-order valence-corrected chi connectivity index (χ4v) is 3.66. The van der Waals surface area contributed by atoms with E-state index in [9.17, 15) is 14.0 Å². The molecule has 1 aromatic heterocycles. The van der Waals surface area contributed by atoms with Crippen molar-refractivity contribution in [3.05, 3.63) is 69.7 Å². The third-order valence-corrected chi connectivity index (χ3v) is 5.56. The summed E-state index contributed by atoms with van der Waals surface area (Å²) in [5, 5.41) is 14.4.